The lowest BCUT2D eigenvalue weighted by Gasteiger charge is -2.19. The first-order chi connectivity index (χ1) is 14.0. The zero-order valence-electron chi connectivity index (χ0n) is 16.8. The van der Waals surface area contributed by atoms with Crippen molar-refractivity contribution in [1.29, 1.82) is 0 Å². The Hall–Kier alpha value is -3.47. The standard InChI is InChI=1S/C24H23N3O2/c1-16-13-21(18(3)27(16)17(2)19-9-5-4-6-10-19)23(28)14-26-15-25-22-12-8-7-11-20(22)24(26)29/h4-13,15,17H,14H2,1-3H3/t17-/m0/s1. The van der Waals surface area contributed by atoms with Gasteiger partial charge < -0.3 is 4.57 Å². The third kappa shape index (κ3) is 3.40. The van der Waals surface area contributed by atoms with Crippen molar-refractivity contribution in [2.45, 2.75) is 33.4 Å². The summed E-state index contributed by atoms with van der Waals surface area (Å²) in [5.41, 5.74) is 4.19. The lowest BCUT2D eigenvalue weighted by atomic mass is 10.1. The molecule has 0 radical (unpaired) electrons. The Kier molecular flexibility index (Phi) is 4.89. The number of rotatable bonds is 5. The Bertz CT molecular complexity index is 1250. The predicted molar refractivity (Wildman–Crippen MR) is 114 cm³/mol. The number of Topliss-reactive ketones (excluding diaryl/α,β-unsaturated/α-hetero) is 1. The fourth-order valence-corrected chi connectivity index (χ4v) is 3.99. The third-order valence-electron chi connectivity index (χ3n) is 5.50. The zero-order valence-corrected chi connectivity index (χ0v) is 16.8. The van der Waals surface area contributed by atoms with Gasteiger partial charge in [0.25, 0.3) is 5.56 Å². The summed E-state index contributed by atoms with van der Waals surface area (Å²) in [5.74, 6) is -0.0937. The number of carbonyl (C=O) groups excluding carboxylic acids is 1. The summed E-state index contributed by atoms with van der Waals surface area (Å²) in [7, 11) is 0. The van der Waals surface area contributed by atoms with E-state index >= 15 is 0 Å². The number of aryl methyl sites for hydroxylation is 1. The third-order valence-corrected chi connectivity index (χ3v) is 5.50. The van der Waals surface area contributed by atoms with Gasteiger partial charge in [-0.3, -0.25) is 14.2 Å². The minimum atomic E-state index is -0.199. The van der Waals surface area contributed by atoms with E-state index in [-0.39, 0.29) is 23.9 Å². The highest BCUT2D eigenvalue weighted by Crippen LogP contribution is 2.26. The topological polar surface area (TPSA) is 56.9 Å². The predicted octanol–water partition coefficient (Wildman–Crippen LogP) is 4.31. The lowest BCUT2D eigenvalue weighted by molar-refractivity contribution is 0.0970. The van der Waals surface area contributed by atoms with E-state index in [4.69, 9.17) is 0 Å². The molecule has 2 aromatic heterocycles. The van der Waals surface area contributed by atoms with Gasteiger partial charge >= 0.3 is 0 Å². The van der Waals surface area contributed by atoms with E-state index in [0.29, 0.717) is 16.5 Å². The fraction of sp³-hybridized carbons (Fsp3) is 0.208. The van der Waals surface area contributed by atoms with Crippen LogP contribution in [0, 0.1) is 13.8 Å². The molecular formula is C24H23N3O2. The van der Waals surface area contributed by atoms with Crippen molar-refractivity contribution in [3.05, 3.63) is 99.9 Å². The molecule has 0 aliphatic rings. The van der Waals surface area contributed by atoms with Crippen LogP contribution in [0.25, 0.3) is 10.9 Å². The van der Waals surface area contributed by atoms with Gasteiger partial charge in [0.15, 0.2) is 5.78 Å². The van der Waals surface area contributed by atoms with E-state index in [0.717, 1.165) is 11.4 Å². The summed E-state index contributed by atoms with van der Waals surface area (Å²) in [6.07, 6.45) is 1.45. The van der Waals surface area contributed by atoms with E-state index in [1.807, 2.05) is 44.2 Å². The van der Waals surface area contributed by atoms with Gasteiger partial charge in [-0.2, -0.15) is 0 Å². The lowest BCUT2D eigenvalue weighted by Crippen LogP contribution is -2.25. The van der Waals surface area contributed by atoms with Crippen molar-refractivity contribution in [1.82, 2.24) is 14.1 Å². The van der Waals surface area contributed by atoms with Crippen molar-refractivity contribution in [2.24, 2.45) is 0 Å². The maximum Gasteiger partial charge on any atom is 0.261 e. The summed E-state index contributed by atoms with van der Waals surface area (Å²) in [6.45, 7) is 6.07. The Morgan fingerprint density at radius 1 is 1.03 bits per heavy atom. The molecule has 0 bridgehead atoms. The Labute approximate surface area is 169 Å². The van der Waals surface area contributed by atoms with Gasteiger partial charge in [0.1, 0.15) is 0 Å². The molecule has 0 saturated carbocycles. The van der Waals surface area contributed by atoms with Crippen LogP contribution in [0.2, 0.25) is 0 Å². The highest BCUT2D eigenvalue weighted by atomic mass is 16.1. The zero-order chi connectivity index (χ0) is 20.5. The van der Waals surface area contributed by atoms with Gasteiger partial charge in [-0.1, -0.05) is 42.5 Å². The van der Waals surface area contributed by atoms with Gasteiger partial charge in [0.05, 0.1) is 29.8 Å². The molecule has 0 saturated heterocycles. The van der Waals surface area contributed by atoms with Gasteiger partial charge in [0.2, 0.25) is 0 Å². The first-order valence-corrected chi connectivity index (χ1v) is 9.68. The average molecular weight is 385 g/mol. The van der Waals surface area contributed by atoms with E-state index in [2.05, 4.69) is 28.6 Å². The van der Waals surface area contributed by atoms with Crippen LogP contribution in [0.1, 0.15) is 40.3 Å². The summed E-state index contributed by atoms with van der Waals surface area (Å²) in [6, 6.07) is 19.4. The number of carbonyl (C=O) groups is 1. The molecule has 0 amide bonds. The van der Waals surface area contributed by atoms with E-state index in [1.165, 1.54) is 16.5 Å². The molecule has 5 heteroatoms. The molecule has 1 atom stereocenters. The second-order valence-corrected chi connectivity index (χ2v) is 7.36. The van der Waals surface area contributed by atoms with Crippen LogP contribution < -0.4 is 5.56 Å². The highest BCUT2D eigenvalue weighted by Gasteiger charge is 2.20. The monoisotopic (exact) mass is 385 g/mol. The Balaban J connectivity index is 1.67. The molecule has 0 unspecified atom stereocenters. The first kappa shape index (κ1) is 18.9. The molecule has 29 heavy (non-hydrogen) atoms. The van der Waals surface area contributed by atoms with Crippen molar-refractivity contribution >= 4 is 16.7 Å². The smallest absolute Gasteiger partial charge is 0.261 e. The largest absolute Gasteiger partial charge is 0.341 e. The first-order valence-electron chi connectivity index (χ1n) is 9.68. The number of ketones is 1. The van der Waals surface area contributed by atoms with Crippen molar-refractivity contribution in [3.8, 4) is 0 Å². The maximum absolute atomic E-state index is 13.0. The summed E-state index contributed by atoms with van der Waals surface area (Å²) < 4.78 is 3.56. The average Bonchev–Trinajstić information content (AvgIpc) is 3.04. The van der Waals surface area contributed by atoms with E-state index < -0.39 is 0 Å². The molecule has 146 valence electrons. The van der Waals surface area contributed by atoms with Gasteiger partial charge in [-0.15, -0.1) is 0 Å². The Morgan fingerprint density at radius 3 is 2.48 bits per heavy atom. The molecule has 0 fully saturated rings. The van der Waals surface area contributed by atoms with Crippen LogP contribution in [-0.4, -0.2) is 19.9 Å². The van der Waals surface area contributed by atoms with Gasteiger partial charge in [0, 0.05) is 17.0 Å². The van der Waals surface area contributed by atoms with Crippen molar-refractivity contribution in [3.63, 3.8) is 0 Å². The van der Waals surface area contributed by atoms with E-state index in [1.54, 1.807) is 18.2 Å². The van der Waals surface area contributed by atoms with Crippen LogP contribution in [0.3, 0.4) is 0 Å². The van der Waals surface area contributed by atoms with Gasteiger partial charge in [-0.05, 0) is 44.5 Å². The van der Waals surface area contributed by atoms with E-state index in [9.17, 15) is 9.59 Å². The molecule has 0 aliphatic heterocycles. The van der Waals surface area contributed by atoms with Gasteiger partial charge in [-0.25, -0.2) is 4.98 Å². The van der Waals surface area contributed by atoms with Crippen LogP contribution in [0.15, 0.2) is 71.8 Å². The minimum absolute atomic E-state index is 0.0271. The quantitative estimate of drug-likeness (QED) is 0.481. The second-order valence-electron chi connectivity index (χ2n) is 7.36. The molecule has 0 spiro atoms. The van der Waals surface area contributed by atoms with Crippen molar-refractivity contribution in [2.75, 3.05) is 0 Å². The molecule has 4 rings (SSSR count). The minimum Gasteiger partial charge on any atom is -0.341 e. The fourth-order valence-electron chi connectivity index (χ4n) is 3.99. The van der Waals surface area contributed by atoms with Crippen LogP contribution in [0.4, 0.5) is 0 Å². The molecule has 4 aromatic rings. The maximum atomic E-state index is 13.0. The summed E-state index contributed by atoms with van der Waals surface area (Å²) in [5, 5.41) is 0.519. The Morgan fingerprint density at radius 2 is 1.72 bits per heavy atom. The number of para-hydroxylation sites is 1. The second kappa shape index (κ2) is 7.51. The molecule has 2 heterocycles. The molecule has 5 nitrogen and oxygen atoms in total. The molecule has 2 aromatic carbocycles. The van der Waals surface area contributed by atoms with Crippen LogP contribution in [-0.2, 0) is 6.54 Å². The van der Waals surface area contributed by atoms with Crippen LogP contribution in [0.5, 0.6) is 0 Å². The number of benzene rings is 2. The SMILES string of the molecule is Cc1cc(C(=O)Cn2cnc3ccccc3c2=O)c(C)n1[C@@H](C)c1ccccc1. The number of nitrogens with zero attached hydrogens (tertiary/aromatic N) is 3. The normalized spacial score (nSPS) is 12.2. The highest BCUT2D eigenvalue weighted by molar-refractivity contribution is 5.97. The molecule has 0 N–H and O–H groups in total. The van der Waals surface area contributed by atoms with Crippen LogP contribution >= 0.6 is 0 Å². The summed E-state index contributed by atoms with van der Waals surface area (Å²) in [4.78, 5) is 30.1. The molecular weight excluding hydrogens is 362 g/mol. The number of hydrogen-bond acceptors (Lipinski definition) is 3. The molecule has 0 aliphatic carbocycles. The van der Waals surface area contributed by atoms with Crippen molar-refractivity contribution < 1.29 is 4.79 Å². The summed E-state index contributed by atoms with van der Waals surface area (Å²) >= 11 is 0. The number of fused-ring (bicyclic) bond motifs is 1. The number of hydrogen-bond donors (Lipinski definition) is 0. The number of aromatic nitrogens is 3.